The number of halogens is 8. The first-order chi connectivity index (χ1) is 9.23. The molecule has 0 aromatic heterocycles. The third-order valence-corrected chi connectivity index (χ3v) is 3.33. The summed E-state index contributed by atoms with van der Waals surface area (Å²) in [5.41, 5.74) is -0.763. The van der Waals surface area contributed by atoms with Gasteiger partial charge in [-0.25, -0.2) is 0 Å². The molecule has 0 saturated carbocycles. The van der Waals surface area contributed by atoms with E-state index in [1.165, 1.54) is 13.8 Å². The number of ketones is 1. The second-order valence-electron chi connectivity index (χ2n) is 4.40. The molecule has 118 valence electrons. The maximum atomic E-state index is 13.3. The molecule has 9 heteroatoms. The van der Waals surface area contributed by atoms with E-state index < -0.39 is 29.4 Å². The van der Waals surface area contributed by atoms with Gasteiger partial charge in [0.05, 0.1) is 0 Å². The van der Waals surface area contributed by atoms with Gasteiger partial charge in [-0.05, 0) is 37.1 Å². The number of alkyl halides is 7. The summed E-state index contributed by atoms with van der Waals surface area (Å²) < 4.78 is 88.3. The number of carbonyl (C=O) groups excluding carboxylic acids is 1. The Morgan fingerprint density at radius 2 is 1.33 bits per heavy atom. The SMILES string of the molecule is Cc1cc(C(=O)C(F)(F)C(F)(F)C(F)(F)F)cc(C)c1Cl. The van der Waals surface area contributed by atoms with E-state index in [2.05, 4.69) is 0 Å². The van der Waals surface area contributed by atoms with Crippen molar-refractivity contribution in [2.45, 2.75) is 31.9 Å². The van der Waals surface area contributed by atoms with Crippen LogP contribution >= 0.6 is 11.6 Å². The van der Waals surface area contributed by atoms with Gasteiger partial charge in [0.15, 0.2) is 0 Å². The van der Waals surface area contributed by atoms with Crippen LogP contribution < -0.4 is 0 Å². The van der Waals surface area contributed by atoms with Gasteiger partial charge >= 0.3 is 18.0 Å². The normalized spacial score (nSPS) is 13.4. The molecule has 0 fully saturated rings. The van der Waals surface area contributed by atoms with Crippen LogP contribution in [0, 0.1) is 13.8 Å². The number of hydrogen-bond acceptors (Lipinski definition) is 1. The highest BCUT2D eigenvalue weighted by Crippen LogP contribution is 2.47. The van der Waals surface area contributed by atoms with Gasteiger partial charge in [0.25, 0.3) is 0 Å². The lowest BCUT2D eigenvalue weighted by atomic mass is 9.97. The Labute approximate surface area is 119 Å². The predicted molar refractivity (Wildman–Crippen MR) is 61.2 cm³/mol. The lowest BCUT2D eigenvalue weighted by Crippen LogP contribution is -2.56. The van der Waals surface area contributed by atoms with E-state index in [-0.39, 0.29) is 16.1 Å². The van der Waals surface area contributed by atoms with Crippen molar-refractivity contribution in [1.82, 2.24) is 0 Å². The first-order valence-electron chi connectivity index (χ1n) is 5.37. The topological polar surface area (TPSA) is 17.1 Å². The Kier molecular flexibility index (Phi) is 4.35. The molecule has 21 heavy (non-hydrogen) atoms. The summed E-state index contributed by atoms with van der Waals surface area (Å²) in [5.74, 6) is -15.0. The largest absolute Gasteiger partial charge is 0.460 e. The van der Waals surface area contributed by atoms with Gasteiger partial charge in [0.2, 0.25) is 5.78 Å². The highest BCUT2D eigenvalue weighted by Gasteiger charge is 2.76. The molecular weight excluding hydrogens is 329 g/mol. The van der Waals surface area contributed by atoms with E-state index >= 15 is 0 Å². The summed E-state index contributed by atoms with van der Waals surface area (Å²) in [6, 6.07) is 1.47. The van der Waals surface area contributed by atoms with Gasteiger partial charge in [0.1, 0.15) is 0 Å². The molecule has 0 aliphatic carbocycles. The van der Waals surface area contributed by atoms with Gasteiger partial charge in [0, 0.05) is 10.6 Å². The molecule has 0 radical (unpaired) electrons. The van der Waals surface area contributed by atoms with Crippen molar-refractivity contribution < 1.29 is 35.5 Å². The zero-order valence-electron chi connectivity index (χ0n) is 10.6. The summed E-state index contributed by atoms with van der Waals surface area (Å²) in [6.45, 7) is 2.60. The molecule has 0 bridgehead atoms. The van der Waals surface area contributed by atoms with Gasteiger partial charge in [-0.1, -0.05) is 11.6 Å². The minimum atomic E-state index is -6.55. The van der Waals surface area contributed by atoms with Crippen LogP contribution in [0.2, 0.25) is 5.02 Å². The molecule has 0 amide bonds. The third kappa shape index (κ3) is 2.86. The van der Waals surface area contributed by atoms with Crippen molar-refractivity contribution in [1.29, 1.82) is 0 Å². The van der Waals surface area contributed by atoms with E-state index in [1.54, 1.807) is 0 Å². The molecule has 0 aliphatic heterocycles. The maximum Gasteiger partial charge on any atom is 0.460 e. The highest BCUT2D eigenvalue weighted by atomic mass is 35.5. The van der Waals surface area contributed by atoms with E-state index in [0.29, 0.717) is 0 Å². The molecule has 0 aliphatic rings. The Morgan fingerprint density at radius 3 is 1.67 bits per heavy atom. The van der Waals surface area contributed by atoms with E-state index in [1.807, 2.05) is 0 Å². The second-order valence-corrected chi connectivity index (χ2v) is 4.78. The molecular formula is C12H8ClF7O. The van der Waals surface area contributed by atoms with Crippen LogP contribution in [0.15, 0.2) is 12.1 Å². The smallest absolute Gasteiger partial charge is 0.287 e. The van der Waals surface area contributed by atoms with Crippen molar-refractivity contribution >= 4 is 17.4 Å². The number of Topliss-reactive ketones (excluding diaryl/α,β-unsaturated/α-hetero) is 1. The highest BCUT2D eigenvalue weighted by molar-refractivity contribution is 6.32. The van der Waals surface area contributed by atoms with E-state index in [4.69, 9.17) is 11.6 Å². The van der Waals surface area contributed by atoms with Crippen LogP contribution in [-0.4, -0.2) is 23.8 Å². The molecule has 1 rings (SSSR count). The fourth-order valence-electron chi connectivity index (χ4n) is 1.58. The molecule has 1 nitrogen and oxygen atoms in total. The number of benzene rings is 1. The van der Waals surface area contributed by atoms with Crippen LogP contribution in [0.5, 0.6) is 0 Å². The van der Waals surface area contributed by atoms with Crippen molar-refractivity contribution in [3.05, 3.63) is 33.8 Å². The average Bonchev–Trinajstić information content (AvgIpc) is 2.32. The monoisotopic (exact) mass is 336 g/mol. The predicted octanol–water partition coefficient (Wildman–Crippen LogP) is 4.97. The first-order valence-corrected chi connectivity index (χ1v) is 5.75. The number of carbonyl (C=O) groups is 1. The van der Waals surface area contributed by atoms with Gasteiger partial charge < -0.3 is 0 Å². The summed E-state index contributed by atoms with van der Waals surface area (Å²) in [4.78, 5) is 11.4. The lowest BCUT2D eigenvalue weighted by Gasteiger charge is -2.27. The zero-order chi connectivity index (χ0) is 16.8. The number of aryl methyl sites for hydroxylation is 2. The van der Waals surface area contributed by atoms with E-state index in [0.717, 1.165) is 12.1 Å². The summed E-state index contributed by atoms with van der Waals surface area (Å²) >= 11 is 5.70. The molecule has 1 aromatic rings. The van der Waals surface area contributed by atoms with Crippen LogP contribution in [0.4, 0.5) is 30.7 Å². The Morgan fingerprint density at radius 1 is 0.952 bits per heavy atom. The maximum absolute atomic E-state index is 13.3. The quantitative estimate of drug-likeness (QED) is 0.562. The fraction of sp³-hybridized carbons (Fsp3) is 0.417. The molecule has 0 saturated heterocycles. The van der Waals surface area contributed by atoms with Crippen molar-refractivity contribution in [2.75, 3.05) is 0 Å². The number of rotatable bonds is 3. The standard InChI is InChI=1S/C12H8ClF7O/c1-5-3-7(4-6(2)8(5)13)9(21)10(14,15)11(16,17)12(18,19)20/h3-4H,1-2H3. The van der Waals surface area contributed by atoms with Crippen LogP contribution in [-0.2, 0) is 0 Å². The average molecular weight is 337 g/mol. The summed E-state index contributed by atoms with van der Waals surface area (Å²) in [5, 5.41) is 0.0949. The minimum absolute atomic E-state index is 0.0949. The van der Waals surface area contributed by atoms with Crippen LogP contribution in [0.3, 0.4) is 0 Å². The van der Waals surface area contributed by atoms with Crippen LogP contribution in [0.1, 0.15) is 21.5 Å². The fourth-order valence-corrected chi connectivity index (χ4v) is 1.69. The second kappa shape index (κ2) is 5.15. The van der Waals surface area contributed by atoms with E-state index in [9.17, 15) is 35.5 Å². The third-order valence-electron chi connectivity index (χ3n) is 2.73. The zero-order valence-corrected chi connectivity index (χ0v) is 11.3. The van der Waals surface area contributed by atoms with Crippen molar-refractivity contribution in [3.8, 4) is 0 Å². The van der Waals surface area contributed by atoms with Crippen LogP contribution in [0.25, 0.3) is 0 Å². The number of hydrogen-bond donors (Lipinski definition) is 0. The lowest BCUT2D eigenvalue weighted by molar-refractivity contribution is -0.339. The Hall–Kier alpha value is -1.31. The summed E-state index contributed by atoms with van der Waals surface area (Å²) in [6.07, 6.45) is -6.55. The molecule has 0 unspecified atom stereocenters. The molecule has 0 N–H and O–H groups in total. The van der Waals surface area contributed by atoms with Gasteiger partial charge in [-0.2, -0.15) is 30.7 Å². The first kappa shape index (κ1) is 17.7. The molecule has 0 atom stereocenters. The van der Waals surface area contributed by atoms with Gasteiger partial charge in [-0.3, -0.25) is 4.79 Å². The van der Waals surface area contributed by atoms with Crippen molar-refractivity contribution in [3.63, 3.8) is 0 Å². The minimum Gasteiger partial charge on any atom is -0.287 e. The van der Waals surface area contributed by atoms with Gasteiger partial charge in [-0.15, -0.1) is 0 Å². The molecule has 1 aromatic carbocycles. The molecule has 0 heterocycles. The molecule has 0 spiro atoms. The summed E-state index contributed by atoms with van der Waals surface area (Å²) in [7, 11) is 0. The Bertz CT molecular complexity index is 554. The Balaban J connectivity index is 3.37. The van der Waals surface area contributed by atoms with Crippen molar-refractivity contribution in [2.24, 2.45) is 0 Å².